The Morgan fingerprint density at radius 2 is 1.76 bits per heavy atom. The first kappa shape index (κ1) is 18.8. The lowest BCUT2D eigenvalue weighted by molar-refractivity contribution is -0.274. The van der Waals surface area contributed by atoms with Crippen LogP contribution in [0.3, 0.4) is 0 Å². The number of aromatic nitrogens is 3. The van der Waals surface area contributed by atoms with Gasteiger partial charge in [-0.15, -0.1) is 13.2 Å². The highest BCUT2D eigenvalue weighted by Gasteiger charge is 2.31. The summed E-state index contributed by atoms with van der Waals surface area (Å²) in [5.74, 6) is -0.344. The van der Waals surface area contributed by atoms with Gasteiger partial charge in [0.05, 0.1) is 11.7 Å². The number of rotatable bonds is 3. The van der Waals surface area contributed by atoms with Crippen molar-refractivity contribution in [3.63, 3.8) is 0 Å². The van der Waals surface area contributed by atoms with Crippen LogP contribution < -0.4 is 10.3 Å². The maximum absolute atomic E-state index is 12.5. The van der Waals surface area contributed by atoms with E-state index in [1.165, 1.54) is 34.9 Å². The van der Waals surface area contributed by atoms with E-state index in [0.29, 0.717) is 5.69 Å². The molecule has 148 valence electrons. The zero-order chi connectivity index (χ0) is 20.8. The highest BCUT2D eigenvalue weighted by atomic mass is 19.4. The molecule has 0 saturated heterocycles. The van der Waals surface area contributed by atoms with Gasteiger partial charge < -0.3 is 4.74 Å². The van der Waals surface area contributed by atoms with Crippen LogP contribution in [0.1, 0.15) is 5.56 Å². The van der Waals surface area contributed by atoms with Crippen LogP contribution in [-0.2, 0) is 7.05 Å². The van der Waals surface area contributed by atoms with E-state index in [-0.39, 0.29) is 11.3 Å². The minimum atomic E-state index is -4.76. The Balaban J connectivity index is 1.76. The van der Waals surface area contributed by atoms with Crippen molar-refractivity contribution in [3.05, 3.63) is 76.8 Å². The van der Waals surface area contributed by atoms with Crippen molar-refractivity contribution in [2.75, 3.05) is 0 Å². The standard InChI is InChI=1S/C21H16F3N3O2/c1-13-9-20(28)27(16-4-6-17(7-5-16)29-21(22,23)24)12-18(13)14-3-8-19-15(10-14)11-25-26(19)2/h3-12H,1-2H3. The Kier molecular flexibility index (Phi) is 4.41. The average Bonchev–Trinajstić information content (AvgIpc) is 3.02. The van der Waals surface area contributed by atoms with Gasteiger partial charge in [-0.05, 0) is 54.4 Å². The first-order valence-corrected chi connectivity index (χ1v) is 8.73. The molecular weight excluding hydrogens is 383 g/mol. The van der Waals surface area contributed by atoms with Crippen LogP contribution in [0.4, 0.5) is 13.2 Å². The zero-order valence-electron chi connectivity index (χ0n) is 15.6. The summed E-state index contributed by atoms with van der Waals surface area (Å²) in [4.78, 5) is 12.5. The molecule has 0 aliphatic heterocycles. The number of hydrogen-bond donors (Lipinski definition) is 0. The molecule has 0 aliphatic carbocycles. The van der Waals surface area contributed by atoms with Crippen molar-refractivity contribution in [2.24, 2.45) is 7.05 Å². The van der Waals surface area contributed by atoms with E-state index in [0.717, 1.165) is 27.6 Å². The summed E-state index contributed by atoms with van der Waals surface area (Å²) in [5.41, 5.74) is 3.69. The number of nitrogens with zero attached hydrogens (tertiary/aromatic N) is 3. The summed E-state index contributed by atoms with van der Waals surface area (Å²) in [6.45, 7) is 1.84. The maximum Gasteiger partial charge on any atom is 0.573 e. The first-order valence-electron chi connectivity index (χ1n) is 8.73. The molecular formula is C21H16F3N3O2. The van der Waals surface area contributed by atoms with Gasteiger partial charge in [-0.3, -0.25) is 14.0 Å². The lowest BCUT2D eigenvalue weighted by atomic mass is 10.0. The van der Waals surface area contributed by atoms with E-state index in [1.807, 2.05) is 32.2 Å². The van der Waals surface area contributed by atoms with Crippen LogP contribution in [-0.4, -0.2) is 20.7 Å². The van der Waals surface area contributed by atoms with Gasteiger partial charge >= 0.3 is 6.36 Å². The Bertz CT molecular complexity index is 1260. The summed E-state index contributed by atoms with van der Waals surface area (Å²) in [6, 6.07) is 12.6. The number of halogens is 3. The van der Waals surface area contributed by atoms with Gasteiger partial charge in [0.2, 0.25) is 0 Å². The molecule has 0 fully saturated rings. The van der Waals surface area contributed by atoms with Crippen LogP contribution in [0.2, 0.25) is 0 Å². The minimum absolute atomic E-state index is 0.279. The topological polar surface area (TPSA) is 49.1 Å². The second kappa shape index (κ2) is 6.80. The molecule has 4 aromatic rings. The lowest BCUT2D eigenvalue weighted by Gasteiger charge is -2.13. The molecule has 0 amide bonds. The fourth-order valence-electron chi connectivity index (χ4n) is 3.27. The van der Waals surface area contributed by atoms with E-state index < -0.39 is 6.36 Å². The molecule has 0 bridgehead atoms. The van der Waals surface area contributed by atoms with Crippen molar-refractivity contribution >= 4 is 10.9 Å². The van der Waals surface area contributed by atoms with Crippen molar-refractivity contribution < 1.29 is 17.9 Å². The van der Waals surface area contributed by atoms with Crippen LogP contribution in [0.25, 0.3) is 27.7 Å². The Labute approximate surface area is 163 Å². The molecule has 0 aliphatic rings. The van der Waals surface area contributed by atoms with Crippen molar-refractivity contribution in [2.45, 2.75) is 13.3 Å². The minimum Gasteiger partial charge on any atom is -0.406 e. The van der Waals surface area contributed by atoms with Crippen molar-refractivity contribution in [1.29, 1.82) is 0 Å². The van der Waals surface area contributed by atoms with Gasteiger partial charge in [0.1, 0.15) is 5.75 Å². The first-order chi connectivity index (χ1) is 13.7. The van der Waals surface area contributed by atoms with E-state index in [2.05, 4.69) is 9.84 Å². The van der Waals surface area contributed by atoms with E-state index in [9.17, 15) is 18.0 Å². The molecule has 0 spiro atoms. The summed E-state index contributed by atoms with van der Waals surface area (Å²) < 4.78 is 44.1. The number of ether oxygens (including phenoxy) is 1. The molecule has 0 atom stereocenters. The predicted octanol–water partition coefficient (Wildman–Crippen LogP) is 4.60. The molecule has 29 heavy (non-hydrogen) atoms. The van der Waals surface area contributed by atoms with Crippen LogP contribution in [0, 0.1) is 6.92 Å². The summed E-state index contributed by atoms with van der Waals surface area (Å²) in [7, 11) is 1.86. The fraction of sp³-hybridized carbons (Fsp3) is 0.143. The number of fused-ring (bicyclic) bond motifs is 1. The van der Waals surface area contributed by atoms with E-state index in [1.54, 1.807) is 17.1 Å². The van der Waals surface area contributed by atoms with Gasteiger partial charge in [0.25, 0.3) is 5.56 Å². The molecule has 2 heterocycles. The largest absolute Gasteiger partial charge is 0.573 e. The molecule has 2 aromatic carbocycles. The highest BCUT2D eigenvalue weighted by Crippen LogP contribution is 2.28. The molecule has 5 nitrogen and oxygen atoms in total. The third kappa shape index (κ3) is 3.73. The molecule has 0 saturated carbocycles. The number of alkyl halides is 3. The third-order valence-electron chi connectivity index (χ3n) is 4.67. The normalized spacial score (nSPS) is 11.8. The van der Waals surface area contributed by atoms with Crippen molar-refractivity contribution in [1.82, 2.24) is 14.3 Å². The number of benzene rings is 2. The molecule has 0 radical (unpaired) electrons. The smallest absolute Gasteiger partial charge is 0.406 e. The quantitative estimate of drug-likeness (QED) is 0.506. The van der Waals surface area contributed by atoms with Crippen LogP contribution >= 0.6 is 0 Å². The summed E-state index contributed by atoms with van der Waals surface area (Å²) in [6.07, 6.45) is -1.31. The number of aryl methyl sites for hydroxylation is 2. The maximum atomic E-state index is 12.5. The Hall–Kier alpha value is -3.55. The van der Waals surface area contributed by atoms with E-state index >= 15 is 0 Å². The third-order valence-corrected chi connectivity index (χ3v) is 4.67. The molecule has 0 unspecified atom stereocenters. The second-order valence-corrected chi connectivity index (χ2v) is 6.66. The zero-order valence-corrected chi connectivity index (χ0v) is 15.6. The highest BCUT2D eigenvalue weighted by molar-refractivity contribution is 5.85. The number of pyridine rings is 1. The van der Waals surface area contributed by atoms with Crippen LogP contribution in [0.5, 0.6) is 5.75 Å². The summed E-state index contributed by atoms with van der Waals surface area (Å²) in [5, 5.41) is 5.20. The lowest BCUT2D eigenvalue weighted by Crippen LogP contribution is -2.19. The second-order valence-electron chi connectivity index (χ2n) is 6.66. The van der Waals surface area contributed by atoms with Crippen molar-refractivity contribution in [3.8, 4) is 22.6 Å². The fourth-order valence-corrected chi connectivity index (χ4v) is 3.27. The van der Waals surface area contributed by atoms with Gasteiger partial charge in [-0.25, -0.2) is 0 Å². The Morgan fingerprint density at radius 1 is 1.03 bits per heavy atom. The van der Waals surface area contributed by atoms with Gasteiger partial charge in [0, 0.05) is 35.9 Å². The predicted molar refractivity (Wildman–Crippen MR) is 103 cm³/mol. The SMILES string of the molecule is Cc1cc(=O)n(-c2ccc(OC(F)(F)F)cc2)cc1-c1ccc2c(cnn2C)c1. The van der Waals surface area contributed by atoms with Gasteiger partial charge in [0.15, 0.2) is 0 Å². The number of hydrogen-bond acceptors (Lipinski definition) is 3. The molecule has 8 heteroatoms. The summed E-state index contributed by atoms with van der Waals surface area (Å²) >= 11 is 0. The molecule has 0 N–H and O–H groups in total. The monoisotopic (exact) mass is 399 g/mol. The molecule has 4 rings (SSSR count). The van der Waals surface area contributed by atoms with E-state index in [4.69, 9.17) is 0 Å². The molecule has 2 aromatic heterocycles. The van der Waals surface area contributed by atoms with Crippen LogP contribution in [0.15, 0.2) is 65.7 Å². The average molecular weight is 399 g/mol. The van der Waals surface area contributed by atoms with Gasteiger partial charge in [-0.2, -0.15) is 5.10 Å². The van der Waals surface area contributed by atoms with Gasteiger partial charge in [-0.1, -0.05) is 6.07 Å². The Morgan fingerprint density at radius 3 is 2.45 bits per heavy atom.